The van der Waals surface area contributed by atoms with Crippen LogP contribution in [-0.2, 0) is 0 Å². The molecule has 0 aliphatic rings. The summed E-state index contributed by atoms with van der Waals surface area (Å²) in [6.07, 6.45) is 0. The van der Waals surface area contributed by atoms with Crippen molar-refractivity contribution in [2.24, 2.45) is 0 Å². The van der Waals surface area contributed by atoms with E-state index in [1.165, 1.54) is 0 Å². The van der Waals surface area contributed by atoms with Crippen molar-refractivity contribution in [2.45, 2.75) is 13.8 Å². The Labute approximate surface area is 98.0 Å². The topological polar surface area (TPSA) is 52.3 Å². The molecule has 0 N–H and O–H groups in total. The molecule has 5 nitrogen and oxygen atoms in total. The van der Waals surface area contributed by atoms with Gasteiger partial charge in [-0.3, -0.25) is 0 Å². The number of aromatic nitrogens is 4. The molecule has 0 bridgehead atoms. The Morgan fingerprint density at radius 1 is 1.29 bits per heavy atom. The molecular weight excluding hydrogens is 216 g/mol. The monoisotopic (exact) mass is 228 g/mol. The van der Waals surface area contributed by atoms with E-state index in [-0.39, 0.29) is 0 Å². The van der Waals surface area contributed by atoms with Gasteiger partial charge in [-0.05, 0) is 26.0 Å². The van der Waals surface area contributed by atoms with E-state index in [1.54, 1.807) is 4.52 Å². The molecule has 2 aromatic heterocycles. The van der Waals surface area contributed by atoms with E-state index < -0.39 is 0 Å². The summed E-state index contributed by atoms with van der Waals surface area (Å²) in [6.45, 7) is 4.43. The van der Waals surface area contributed by atoms with Crippen molar-refractivity contribution in [1.29, 1.82) is 0 Å². The lowest BCUT2D eigenvalue weighted by molar-refractivity contribution is 0.332. The molecule has 0 aliphatic heterocycles. The molecule has 0 amide bonds. The van der Waals surface area contributed by atoms with Gasteiger partial charge >= 0.3 is 0 Å². The average Bonchev–Trinajstić information content (AvgIpc) is 2.72. The molecule has 5 heteroatoms. The second kappa shape index (κ2) is 3.69. The van der Waals surface area contributed by atoms with Gasteiger partial charge in [-0.25, -0.2) is 0 Å². The van der Waals surface area contributed by atoms with Crippen molar-refractivity contribution in [1.82, 2.24) is 19.8 Å². The molecule has 0 saturated heterocycles. The number of aryl methyl sites for hydroxylation is 1. The fourth-order valence-electron chi connectivity index (χ4n) is 1.89. The van der Waals surface area contributed by atoms with Gasteiger partial charge < -0.3 is 4.74 Å². The molecule has 0 unspecified atom stereocenters. The number of rotatable bonds is 2. The van der Waals surface area contributed by atoms with Gasteiger partial charge in [0.1, 0.15) is 5.69 Å². The average molecular weight is 228 g/mol. The van der Waals surface area contributed by atoms with E-state index in [2.05, 4.69) is 15.3 Å². The smallest absolute Gasteiger partial charge is 0.225 e. The normalized spacial score (nSPS) is 11.2. The summed E-state index contributed by atoms with van der Waals surface area (Å²) < 4.78 is 7.31. The molecule has 0 spiro atoms. The summed E-state index contributed by atoms with van der Waals surface area (Å²) in [7, 11) is 0. The molecule has 0 saturated carbocycles. The van der Waals surface area contributed by atoms with Gasteiger partial charge in [0.2, 0.25) is 5.88 Å². The van der Waals surface area contributed by atoms with Crippen LogP contribution in [0.2, 0.25) is 0 Å². The van der Waals surface area contributed by atoms with Gasteiger partial charge in [0.05, 0.1) is 17.5 Å². The number of fused-ring (bicyclic) bond motifs is 3. The van der Waals surface area contributed by atoms with Gasteiger partial charge in [0, 0.05) is 0 Å². The standard InChI is InChI=1S/C12H12N4O/c1-3-17-12-9-6-4-5-7-10(9)16-11(13-12)8(2)14-15-16/h4-7H,3H2,1-2H3. The van der Waals surface area contributed by atoms with E-state index in [0.717, 1.165) is 22.2 Å². The number of benzene rings is 1. The highest BCUT2D eigenvalue weighted by Crippen LogP contribution is 2.24. The van der Waals surface area contributed by atoms with E-state index in [0.29, 0.717) is 12.5 Å². The highest BCUT2D eigenvalue weighted by molar-refractivity contribution is 5.86. The summed E-state index contributed by atoms with van der Waals surface area (Å²) in [6, 6.07) is 7.89. The third kappa shape index (κ3) is 1.43. The van der Waals surface area contributed by atoms with Crippen LogP contribution in [-0.4, -0.2) is 26.4 Å². The van der Waals surface area contributed by atoms with Gasteiger partial charge in [0.15, 0.2) is 5.65 Å². The first-order chi connectivity index (χ1) is 8.31. The predicted octanol–water partition coefficient (Wildman–Crippen LogP) is 1.98. The second-order valence-electron chi connectivity index (χ2n) is 3.78. The van der Waals surface area contributed by atoms with E-state index in [9.17, 15) is 0 Å². The number of hydrogen-bond donors (Lipinski definition) is 0. The molecule has 3 aromatic rings. The van der Waals surface area contributed by atoms with Crippen LogP contribution >= 0.6 is 0 Å². The molecule has 0 radical (unpaired) electrons. The minimum Gasteiger partial charge on any atom is -0.477 e. The van der Waals surface area contributed by atoms with Crippen LogP contribution in [0.15, 0.2) is 24.3 Å². The Morgan fingerprint density at radius 3 is 2.94 bits per heavy atom. The van der Waals surface area contributed by atoms with Crippen molar-refractivity contribution in [3.8, 4) is 5.88 Å². The molecule has 1 aromatic carbocycles. The van der Waals surface area contributed by atoms with Crippen LogP contribution in [0.3, 0.4) is 0 Å². The number of hydrogen-bond acceptors (Lipinski definition) is 4. The summed E-state index contributed by atoms with van der Waals surface area (Å²) in [5.74, 6) is 0.640. The van der Waals surface area contributed by atoms with Gasteiger partial charge in [-0.2, -0.15) is 9.50 Å². The zero-order valence-electron chi connectivity index (χ0n) is 9.71. The van der Waals surface area contributed by atoms with Crippen LogP contribution in [0.1, 0.15) is 12.6 Å². The Bertz CT molecular complexity index is 689. The molecule has 0 aliphatic carbocycles. The second-order valence-corrected chi connectivity index (χ2v) is 3.78. The first-order valence-corrected chi connectivity index (χ1v) is 5.55. The Morgan fingerprint density at radius 2 is 2.12 bits per heavy atom. The molecule has 2 heterocycles. The lowest BCUT2D eigenvalue weighted by Crippen LogP contribution is -2.00. The lowest BCUT2D eigenvalue weighted by Gasteiger charge is -2.07. The summed E-state index contributed by atoms with van der Waals surface area (Å²) in [4.78, 5) is 4.47. The van der Waals surface area contributed by atoms with Crippen molar-refractivity contribution in [2.75, 3.05) is 6.61 Å². The third-order valence-electron chi connectivity index (χ3n) is 2.66. The third-order valence-corrected chi connectivity index (χ3v) is 2.66. The molecule has 0 atom stereocenters. The quantitative estimate of drug-likeness (QED) is 0.673. The molecule has 86 valence electrons. The molecular formula is C12H12N4O. The molecule has 0 fully saturated rings. The number of ether oxygens (including phenoxy) is 1. The van der Waals surface area contributed by atoms with Crippen LogP contribution in [0.5, 0.6) is 5.88 Å². The summed E-state index contributed by atoms with van der Waals surface area (Å²) in [5, 5.41) is 9.09. The first kappa shape index (κ1) is 10.0. The molecule has 3 rings (SSSR count). The Balaban J connectivity index is 2.47. The fraction of sp³-hybridized carbons (Fsp3) is 0.250. The Hall–Kier alpha value is -2.17. The van der Waals surface area contributed by atoms with Crippen LogP contribution in [0.4, 0.5) is 0 Å². The number of para-hydroxylation sites is 1. The predicted molar refractivity (Wildman–Crippen MR) is 64.2 cm³/mol. The first-order valence-electron chi connectivity index (χ1n) is 5.55. The van der Waals surface area contributed by atoms with Crippen LogP contribution < -0.4 is 4.74 Å². The fourth-order valence-corrected chi connectivity index (χ4v) is 1.89. The zero-order valence-corrected chi connectivity index (χ0v) is 9.71. The van der Waals surface area contributed by atoms with Crippen LogP contribution in [0.25, 0.3) is 16.6 Å². The summed E-state index contributed by atoms with van der Waals surface area (Å²) in [5.41, 5.74) is 2.51. The van der Waals surface area contributed by atoms with E-state index in [1.807, 2.05) is 38.1 Å². The van der Waals surface area contributed by atoms with Crippen molar-refractivity contribution in [3.05, 3.63) is 30.0 Å². The van der Waals surface area contributed by atoms with Crippen LogP contribution in [0, 0.1) is 6.92 Å². The van der Waals surface area contributed by atoms with Crippen molar-refractivity contribution >= 4 is 16.6 Å². The van der Waals surface area contributed by atoms with Gasteiger partial charge in [-0.15, -0.1) is 5.10 Å². The van der Waals surface area contributed by atoms with E-state index in [4.69, 9.17) is 4.74 Å². The molecule has 17 heavy (non-hydrogen) atoms. The minimum absolute atomic E-state index is 0.591. The minimum atomic E-state index is 0.591. The SMILES string of the molecule is CCOc1nc2c(C)nnn2c2ccccc12. The highest BCUT2D eigenvalue weighted by Gasteiger charge is 2.11. The maximum atomic E-state index is 5.57. The largest absolute Gasteiger partial charge is 0.477 e. The maximum Gasteiger partial charge on any atom is 0.225 e. The van der Waals surface area contributed by atoms with Crippen molar-refractivity contribution in [3.63, 3.8) is 0 Å². The van der Waals surface area contributed by atoms with E-state index >= 15 is 0 Å². The van der Waals surface area contributed by atoms with Gasteiger partial charge in [0.25, 0.3) is 0 Å². The highest BCUT2D eigenvalue weighted by atomic mass is 16.5. The Kier molecular flexibility index (Phi) is 2.18. The number of nitrogens with zero attached hydrogens (tertiary/aromatic N) is 4. The lowest BCUT2D eigenvalue weighted by atomic mass is 10.2. The van der Waals surface area contributed by atoms with Gasteiger partial charge in [-0.1, -0.05) is 17.3 Å². The zero-order chi connectivity index (χ0) is 11.8. The van der Waals surface area contributed by atoms with Crippen molar-refractivity contribution < 1.29 is 4.74 Å². The summed E-state index contributed by atoms with van der Waals surface area (Å²) >= 11 is 0. The maximum absolute atomic E-state index is 5.57.